The van der Waals surface area contributed by atoms with Gasteiger partial charge in [0.05, 0.1) is 11.5 Å². The molecule has 0 heterocycles. The van der Waals surface area contributed by atoms with Gasteiger partial charge in [0.2, 0.25) is 0 Å². The van der Waals surface area contributed by atoms with E-state index in [1.807, 2.05) is 0 Å². The summed E-state index contributed by atoms with van der Waals surface area (Å²) in [6, 6.07) is 3.01. The molecule has 3 nitrogen and oxygen atoms in total. The summed E-state index contributed by atoms with van der Waals surface area (Å²) in [7, 11) is 0. The molecule has 94 valence electrons. The zero-order chi connectivity index (χ0) is 13.2. The van der Waals surface area contributed by atoms with Crippen molar-refractivity contribution >= 4 is 21.9 Å². The Morgan fingerprint density at radius 1 is 1.41 bits per heavy atom. The van der Waals surface area contributed by atoms with Crippen molar-refractivity contribution in [2.75, 3.05) is 6.54 Å². The van der Waals surface area contributed by atoms with Gasteiger partial charge >= 0.3 is 12.1 Å². The molecule has 1 aromatic rings. The number of aliphatic carboxylic acids is 1. The van der Waals surface area contributed by atoms with Gasteiger partial charge in [0, 0.05) is 11.0 Å². The first-order chi connectivity index (χ1) is 7.75. The molecule has 1 unspecified atom stereocenters. The van der Waals surface area contributed by atoms with Crippen LogP contribution in [0.3, 0.4) is 0 Å². The summed E-state index contributed by atoms with van der Waals surface area (Å²) in [5, 5.41) is 8.83. The Morgan fingerprint density at radius 2 is 2.00 bits per heavy atom. The maximum Gasteiger partial charge on any atom is 0.416 e. The van der Waals surface area contributed by atoms with Gasteiger partial charge in [-0.25, -0.2) is 0 Å². The van der Waals surface area contributed by atoms with Crippen LogP contribution in [-0.4, -0.2) is 17.6 Å². The predicted octanol–water partition coefficient (Wildman–Crippen LogP) is 2.59. The molecule has 1 rings (SSSR count). The minimum atomic E-state index is -4.52. The van der Waals surface area contributed by atoms with E-state index in [2.05, 4.69) is 15.9 Å². The van der Waals surface area contributed by atoms with E-state index < -0.39 is 23.6 Å². The van der Waals surface area contributed by atoms with Crippen molar-refractivity contribution in [2.45, 2.75) is 12.1 Å². The van der Waals surface area contributed by atoms with Crippen LogP contribution in [0.25, 0.3) is 0 Å². The van der Waals surface area contributed by atoms with Gasteiger partial charge in [0.1, 0.15) is 0 Å². The number of carboxylic acids is 1. The summed E-state index contributed by atoms with van der Waals surface area (Å²) in [6.45, 7) is -0.261. The Hall–Kier alpha value is -1.08. The molecular weight excluding hydrogens is 303 g/mol. The SMILES string of the molecule is NCC(C(=O)O)c1cc(Br)cc(C(F)(F)F)c1. The van der Waals surface area contributed by atoms with E-state index in [1.54, 1.807) is 0 Å². The smallest absolute Gasteiger partial charge is 0.416 e. The zero-order valence-electron chi connectivity index (χ0n) is 8.46. The molecule has 7 heteroatoms. The lowest BCUT2D eigenvalue weighted by molar-refractivity contribution is -0.140. The van der Waals surface area contributed by atoms with E-state index in [4.69, 9.17) is 10.8 Å². The zero-order valence-corrected chi connectivity index (χ0v) is 10.0. The van der Waals surface area contributed by atoms with Crippen LogP contribution in [0.5, 0.6) is 0 Å². The summed E-state index contributed by atoms with van der Waals surface area (Å²) in [5.74, 6) is -2.40. The van der Waals surface area contributed by atoms with Crippen molar-refractivity contribution in [3.63, 3.8) is 0 Å². The maximum absolute atomic E-state index is 12.5. The number of carbonyl (C=O) groups is 1. The molecule has 0 bridgehead atoms. The molecule has 0 aromatic heterocycles. The second-order valence-electron chi connectivity index (χ2n) is 3.40. The fourth-order valence-electron chi connectivity index (χ4n) is 1.36. The molecule has 3 N–H and O–H groups in total. The number of alkyl halides is 3. The average molecular weight is 312 g/mol. The monoisotopic (exact) mass is 311 g/mol. The van der Waals surface area contributed by atoms with Crippen molar-refractivity contribution in [3.8, 4) is 0 Å². The lowest BCUT2D eigenvalue weighted by Gasteiger charge is -2.14. The molecule has 0 aliphatic heterocycles. The normalized spacial score (nSPS) is 13.5. The number of hydrogen-bond acceptors (Lipinski definition) is 2. The molecule has 1 aromatic carbocycles. The van der Waals surface area contributed by atoms with Gasteiger partial charge in [-0.2, -0.15) is 13.2 Å². The fraction of sp³-hybridized carbons (Fsp3) is 0.300. The Balaban J connectivity index is 3.26. The lowest BCUT2D eigenvalue weighted by Crippen LogP contribution is -2.21. The van der Waals surface area contributed by atoms with Crippen LogP contribution in [0.15, 0.2) is 22.7 Å². The molecule has 0 spiro atoms. The van der Waals surface area contributed by atoms with Crippen molar-refractivity contribution < 1.29 is 23.1 Å². The Morgan fingerprint density at radius 3 is 2.41 bits per heavy atom. The van der Waals surface area contributed by atoms with Crippen molar-refractivity contribution in [2.24, 2.45) is 5.73 Å². The molecule has 0 aliphatic rings. The van der Waals surface area contributed by atoms with Crippen LogP contribution < -0.4 is 5.73 Å². The van der Waals surface area contributed by atoms with Crippen LogP contribution in [0.4, 0.5) is 13.2 Å². The van der Waals surface area contributed by atoms with E-state index in [1.165, 1.54) is 6.07 Å². The van der Waals surface area contributed by atoms with Crippen molar-refractivity contribution in [1.29, 1.82) is 0 Å². The second kappa shape index (κ2) is 5.05. The third-order valence-electron chi connectivity index (χ3n) is 2.18. The highest BCUT2D eigenvalue weighted by atomic mass is 79.9. The minimum Gasteiger partial charge on any atom is -0.481 e. The number of nitrogens with two attached hydrogens (primary N) is 1. The third-order valence-corrected chi connectivity index (χ3v) is 2.64. The van der Waals surface area contributed by atoms with Gasteiger partial charge in [0.25, 0.3) is 0 Å². The van der Waals surface area contributed by atoms with Crippen LogP contribution in [0.1, 0.15) is 17.0 Å². The van der Waals surface area contributed by atoms with E-state index in [-0.39, 0.29) is 16.6 Å². The summed E-state index contributed by atoms with van der Waals surface area (Å²) >= 11 is 2.92. The van der Waals surface area contributed by atoms with Gasteiger partial charge in [-0.05, 0) is 23.8 Å². The molecule has 0 radical (unpaired) electrons. The highest BCUT2D eigenvalue weighted by Gasteiger charge is 2.32. The number of benzene rings is 1. The highest BCUT2D eigenvalue weighted by Crippen LogP contribution is 2.33. The van der Waals surface area contributed by atoms with E-state index in [0.717, 1.165) is 12.1 Å². The quantitative estimate of drug-likeness (QED) is 0.902. The van der Waals surface area contributed by atoms with Crippen LogP contribution in [0.2, 0.25) is 0 Å². The largest absolute Gasteiger partial charge is 0.481 e. The second-order valence-corrected chi connectivity index (χ2v) is 4.31. The van der Waals surface area contributed by atoms with E-state index in [0.29, 0.717) is 0 Å². The van der Waals surface area contributed by atoms with Gasteiger partial charge in [-0.1, -0.05) is 15.9 Å². The average Bonchev–Trinajstić information content (AvgIpc) is 2.15. The maximum atomic E-state index is 12.5. The molecule has 0 aliphatic carbocycles. The summed E-state index contributed by atoms with van der Waals surface area (Å²) < 4.78 is 37.7. The van der Waals surface area contributed by atoms with Gasteiger partial charge in [-0.15, -0.1) is 0 Å². The number of hydrogen-bond donors (Lipinski definition) is 2. The topological polar surface area (TPSA) is 63.3 Å². The highest BCUT2D eigenvalue weighted by molar-refractivity contribution is 9.10. The van der Waals surface area contributed by atoms with Crippen LogP contribution in [-0.2, 0) is 11.0 Å². The van der Waals surface area contributed by atoms with E-state index in [9.17, 15) is 18.0 Å². The fourth-order valence-corrected chi connectivity index (χ4v) is 1.87. The molecule has 0 saturated carbocycles. The molecule has 0 saturated heterocycles. The lowest BCUT2D eigenvalue weighted by atomic mass is 9.97. The minimum absolute atomic E-state index is 0.0294. The molecule has 0 fully saturated rings. The summed E-state index contributed by atoms with van der Waals surface area (Å²) in [5.41, 5.74) is 4.37. The first kappa shape index (κ1) is 14.0. The van der Waals surface area contributed by atoms with Crippen LogP contribution >= 0.6 is 15.9 Å². The van der Waals surface area contributed by atoms with Crippen molar-refractivity contribution in [3.05, 3.63) is 33.8 Å². The Kier molecular flexibility index (Phi) is 4.16. The van der Waals surface area contributed by atoms with Crippen LogP contribution in [0, 0.1) is 0 Å². The third kappa shape index (κ3) is 3.44. The predicted molar refractivity (Wildman–Crippen MR) is 58.6 cm³/mol. The standard InChI is InChI=1S/C10H9BrF3NO2/c11-7-2-5(8(4-15)9(16)17)1-6(3-7)10(12,13)14/h1-3,8H,4,15H2,(H,16,17). The van der Waals surface area contributed by atoms with Gasteiger partial charge in [-0.3, -0.25) is 4.79 Å². The van der Waals surface area contributed by atoms with Gasteiger partial charge in [0.15, 0.2) is 0 Å². The molecule has 1 atom stereocenters. The summed E-state index contributed by atoms with van der Waals surface area (Å²) in [6.07, 6.45) is -4.52. The number of rotatable bonds is 3. The molecule has 17 heavy (non-hydrogen) atoms. The Labute approximate surface area is 104 Å². The van der Waals surface area contributed by atoms with Crippen molar-refractivity contribution in [1.82, 2.24) is 0 Å². The first-order valence-corrected chi connectivity index (χ1v) is 5.35. The Bertz CT molecular complexity index is 434. The first-order valence-electron chi connectivity index (χ1n) is 4.56. The molecule has 0 amide bonds. The van der Waals surface area contributed by atoms with E-state index >= 15 is 0 Å². The van der Waals surface area contributed by atoms with Gasteiger partial charge < -0.3 is 10.8 Å². The number of carboxylic acid groups (broad SMARTS) is 1. The molecular formula is C10H9BrF3NO2. The summed E-state index contributed by atoms with van der Waals surface area (Å²) in [4.78, 5) is 10.8. The number of halogens is 4.